The number of carbonyl (C=O) groups excluding carboxylic acids is 1. The standard InChI is InChI=1S/C22H23FN4O3/c1-15(2-6-19-14-29-8-9-30-19)27-21(28)7-3-16-11-25-13-20(23)22(16)17(10-24)12-26-18-4-5-18/h2-3,6-7,10-14,18,24,26H,1,4-5,8-9H2,(H,27,28)/b6-2-,7-3+,17-12+,24-10?. The third kappa shape index (κ3) is 6.16. The first-order valence-corrected chi connectivity index (χ1v) is 9.48. The van der Waals surface area contributed by atoms with E-state index in [1.165, 1.54) is 24.6 Å². The molecule has 8 heteroatoms. The van der Waals surface area contributed by atoms with Crippen LogP contribution in [-0.4, -0.2) is 36.4 Å². The molecule has 0 saturated heterocycles. The first-order chi connectivity index (χ1) is 14.6. The van der Waals surface area contributed by atoms with Gasteiger partial charge in [0.15, 0.2) is 5.76 Å². The molecule has 2 heterocycles. The second-order valence-electron chi connectivity index (χ2n) is 6.69. The molecule has 0 radical (unpaired) electrons. The van der Waals surface area contributed by atoms with Gasteiger partial charge in [-0.2, -0.15) is 0 Å². The van der Waals surface area contributed by atoms with Crippen molar-refractivity contribution < 1.29 is 18.7 Å². The number of allylic oxidation sites excluding steroid dienone is 3. The van der Waals surface area contributed by atoms with E-state index in [1.54, 1.807) is 18.4 Å². The van der Waals surface area contributed by atoms with Crippen molar-refractivity contribution in [3.8, 4) is 0 Å². The summed E-state index contributed by atoms with van der Waals surface area (Å²) in [5.74, 6) is -0.472. The predicted octanol–water partition coefficient (Wildman–Crippen LogP) is 3.05. The van der Waals surface area contributed by atoms with Gasteiger partial charge in [0.05, 0.1) is 6.20 Å². The fraction of sp³-hybridized carbons (Fsp3) is 0.227. The van der Waals surface area contributed by atoms with Crippen LogP contribution < -0.4 is 10.6 Å². The molecule has 3 rings (SSSR count). The molecular formula is C22H23FN4O3. The zero-order valence-corrected chi connectivity index (χ0v) is 16.4. The van der Waals surface area contributed by atoms with Crippen LogP contribution in [0.1, 0.15) is 24.0 Å². The van der Waals surface area contributed by atoms with Crippen LogP contribution in [0.2, 0.25) is 0 Å². The maximum absolute atomic E-state index is 14.4. The van der Waals surface area contributed by atoms with Crippen LogP contribution in [0, 0.1) is 11.2 Å². The second kappa shape index (κ2) is 10.2. The van der Waals surface area contributed by atoms with E-state index < -0.39 is 11.7 Å². The maximum Gasteiger partial charge on any atom is 0.248 e. The molecule has 0 atom stereocenters. The van der Waals surface area contributed by atoms with Gasteiger partial charge in [0.2, 0.25) is 5.91 Å². The van der Waals surface area contributed by atoms with Crippen molar-refractivity contribution in [1.29, 1.82) is 5.41 Å². The lowest BCUT2D eigenvalue weighted by Crippen LogP contribution is -2.18. The average molecular weight is 410 g/mol. The van der Waals surface area contributed by atoms with E-state index in [-0.39, 0.29) is 5.56 Å². The highest BCUT2D eigenvalue weighted by atomic mass is 19.1. The lowest BCUT2D eigenvalue weighted by molar-refractivity contribution is -0.115. The van der Waals surface area contributed by atoms with Gasteiger partial charge in [0.1, 0.15) is 25.3 Å². The molecule has 0 bridgehead atoms. The van der Waals surface area contributed by atoms with Gasteiger partial charge < -0.3 is 25.5 Å². The third-order valence-corrected chi connectivity index (χ3v) is 4.24. The van der Waals surface area contributed by atoms with Gasteiger partial charge in [0.25, 0.3) is 0 Å². The average Bonchev–Trinajstić information content (AvgIpc) is 3.57. The first kappa shape index (κ1) is 21.0. The Balaban J connectivity index is 1.66. The Kier molecular flexibility index (Phi) is 7.15. The Labute approximate surface area is 174 Å². The Hall–Kier alpha value is -3.68. The largest absolute Gasteiger partial charge is 0.494 e. The molecule has 1 aliphatic carbocycles. The Morgan fingerprint density at radius 1 is 1.27 bits per heavy atom. The molecule has 1 saturated carbocycles. The fourth-order valence-corrected chi connectivity index (χ4v) is 2.58. The number of rotatable bonds is 9. The predicted molar refractivity (Wildman–Crippen MR) is 113 cm³/mol. The van der Waals surface area contributed by atoms with Crippen molar-refractivity contribution in [2.45, 2.75) is 18.9 Å². The molecule has 1 fully saturated rings. The molecule has 0 aromatic carbocycles. The molecule has 156 valence electrons. The van der Waals surface area contributed by atoms with Gasteiger partial charge in [0, 0.05) is 53.1 Å². The number of nitrogens with zero attached hydrogens (tertiary/aromatic N) is 1. The van der Waals surface area contributed by atoms with Gasteiger partial charge in [-0.05, 0) is 31.1 Å². The molecule has 30 heavy (non-hydrogen) atoms. The lowest BCUT2D eigenvalue weighted by atomic mass is 10.0. The lowest BCUT2D eigenvalue weighted by Gasteiger charge is -2.12. The molecule has 2 aliphatic rings. The van der Waals surface area contributed by atoms with E-state index >= 15 is 0 Å². The Bertz CT molecular complexity index is 946. The highest BCUT2D eigenvalue weighted by molar-refractivity contribution is 6.10. The van der Waals surface area contributed by atoms with Crippen molar-refractivity contribution in [3.05, 3.63) is 78.1 Å². The van der Waals surface area contributed by atoms with E-state index in [2.05, 4.69) is 22.2 Å². The monoisotopic (exact) mass is 410 g/mol. The molecule has 3 N–H and O–H groups in total. The Morgan fingerprint density at radius 3 is 2.80 bits per heavy atom. The van der Waals surface area contributed by atoms with Crippen molar-refractivity contribution in [2.24, 2.45) is 0 Å². The van der Waals surface area contributed by atoms with Gasteiger partial charge in [-0.15, -0.1) is 0 Å². The number of aromatic nitrogens is 1. The summed E-state index contributed by atoms with van der Waals surface area (Å²) in [6.07, 6.45) is 14.8. The van der Waals surface area contributed by atoms with Gasteiger partial charge in [-0.25, -0.2) is 4.39 Å². The van der Waals surface area contributed by atoms with Crippen LogP contribution in [0.4, 0.5) is 4.39 Å². The summed E-state index contributed by atoms with van der Waals surface area (Å²) in [7, 11) is 0. The first-order valence-electron chi connectivity index (χ1n) is 9.48. The van der Waals surface area contributed by atoms with Crippen LogP contribution in [-0.2, 0) is 14.3 Å². The number of nitrogens with one attached hydrogen (secondary N) is 3. The van der Waals surface area contributed by atoms with E-state index in [4.69, 9.17) is 14.9 Å². The molecule has 1 aromatic rings. The number of halogens is 1. The maximum atomic E-state index is 14.4. The molecule has 1 aliphatic heterocycles. The van der Waals surface area contributed by atoms with E-state index in [0.717, 1.165) is 25.3 Å². The number of amides is 1. The summed E-state index contributed by atoms with van der Waals surface area (Å²) in [6, 6.07) is 0.370. The van der Waals surface area contributed by atoms with Gasteiger partial charge in [-0.1, -0.05) is 6.58 Å². The van der Waals surface area contributed by atoms with Crippen molar-refractivity contribution >= 4 is 23.8 Å². The topological polar surface area (TPSA) is 96.3 Å². The Morgan fingerprint density at radius 2 is 2.10 bits per heavy atom. The van der Waals surface area contributed by atoms with Crippen LogP contribution in [0.15, 0.2) is 61.1 Å². The number of pyridine rings is 1. The minimum absolute atomic E-state index is 0.206. The van der Waals surface area contributed by atoms with Crippen molar-refractivity contribution in [2.75, 3.05) is 13.2 Å². The summed E-state index contributed by atoms with van der Waals surface area (Å²) < 4.78 is 24.9. The van der Waals surface area contributed by atoms with Gasteiger partial charge >= 0.3 is 0 Å². The summed E-state index contributed by atoms with van der Waals surface area (Å²) >= 11 is 0. The van der Waals surface area contributed by atoms with Crippen molar-refractivity contribution in [3.63, 3.8) is 0 Å². The third-order valence-electron chi connectivity index (χ3n) is 4.24. The highest BCUT2D eigenvalue weighted by Crippen LogP contribution is 2.23. The molecule has 0 spiro atoms. The number of ether oxygens (including phenoxy) is 2. The second-order valence-corrected chi connectivity index (χ2v) is 6.69. The van der Waals surface area contributed by atoms with Crippen LogP contribution in [0.25, 0.3) is 11.6 Å². The molecule has 1 aromatic heterocycles. The molecule has 1 amide bonds. The number of hydrogen-bond donors (Lipinski definition) is 3. The summed E-state index contributed by atoms with van der Waals surface area (Å²) in [5, 5.41) is 13.4. The molecular weight excluding hydrogens is 387 g/mol. The quantitative estimate of drug-likeness (QED) is 0.330. The number of carbonyl (C=O) groups is 1. The smallest absolute Gasteiger partial charge is 0.248 e. The minimum Gasteiger partial charge on any atom is -0.494 e. The fourth-order valence-electron chi connectivity index (χ4n) is 2.58. The van der Waals surface area contributed by atoms with Crippen molar-refractivity contribution in [1.82, 2.24) is 15.6 Å². The normalized spacial score (nSPS) is 16.6. The molecule has 0 unspecified atom stereocenters. The zero-order chi connectivity index (χ0) is 21.3. The van der Waals surface area contributed by atoms with E-state index in [9.17, 15) is 9.18 Å². The summed E-state index contributed by atoms with van der Waals surface area (Å²) in [6.45, 7) is 4.72. The minimum atomic E-state index is -0.569. The highest BCUT2D eigenvalue weighted by Gasteiger charge is 2.20. The zero-order valence-electron chi connectivity index (χ0n) is 16.4. The summed E-state index contributed by atoms with van der Waals surface area (Å²) in [5.41, 5.74) is 1.32. The summed E-state index contributed by atoms with van der Waals surface area (Å²) in [4.78, 5) is 16.0. The van der Waals surface area contributed by atoms with Crippen LogP contribution in [0.5, 0.6) is 0 Å². The van der Waals surface area contributed by atoms with E-state index in [0.29, 0.717) is 41.8 Å². The van der Waals surface area contributed by atoms with Crippen LogP contribution in [0.3, 0.4) is 0 Å². The number of hydrogen-bond acceptors (Lipinski definition) is 6. The van der Waals surface area contributed by atoms with Crippen LogP contribution >= 0.6 is 0 Å². The SMILES string of the molecule is C=C(/C=C\C1=COCCO1)NC(=O)/C=C/c1cncc(F)c1/C(C=N)=C/NC1CC1. The molecule has 7 nitrogen and oxygen atoms in total. The van der Waals surface area contributed by atoms with Gasteiger partial charge in [-0.3, -0.25) is 9.78 Å². The van der Waals surface area contributed by atoms with E-state index in [1.807, 2.05) is 0 Å².